The highest BCUT2D eigenvalue weighted by Crippen LogP contribution is 2.12. The molecule has 0 spiro atoms. The van der Waals surface area contributed by atoms with Crippen molar-refractivity contribution in [1.29, 1.82) is 0 Å². The number of ketones is 1. The lowest BCUT2D eigenvalue weighted by molar-refractivity contribution is 0.103. The zero-order valence-electron chi connectivity index (χ0n) is 8.69. The zero-order valence-corrected chi connectivity index (χ0v) is 10.8. The predicted octanol–water partition coefficient (Wildman–Crippen LogP) is 3.85. The third kappa shape index (κ3) is 2.50. The summed E-state index contributed by atoms with van der Waals surface area (Å²) in [6.45, 7) is 0. The number of hydrogen-bond donors (Lipinski definition) is 0. The molecule has 2 rings (SSSR count). The molecule has 2 aromatic carbocycles. The first kappa shape index (κ1) is 11.3. The average molecular weight is 322 g/mol. The Morgan fingerprint density at radius 1 is 0.875 bits per heavy atom. The standard InChI is InChI=1S/C14H11IO/c15-10-11-6-8-13(9-7-11)14(16)12-4-2-1-3-5-12/h1-9H,10H2. The average Bonchev–Trinajstić information content (AvgIpc) is 2.39. The lowest BCUT2D eigenvalue weighted by Gasteiger charge is -2.01. The Morgan fingerprint density at radius 3 is 2.00 bits per heavy atom. The molecule has 0 aliphatic heterocycles. The van der Waals surface area contributed by atoms with Crippen molar-refractivity contribution in [1.82, 2.24) is 0 Å². The molecule has 0 radical (unpaired) electrons. The number of alkyl halides is 1. The van der Waals surface area contributed by atoms with Crippen LogP contribution < -0.4 is 0 Å². The van der Waals surface area contributed by atoms with Gasteiger partial charge in [0.25, 0.3) is 0 Å². The minimum absolute atomic E-state index is 0.0839. The summed E-state index contributed by atoms with van der Waals surface area (Å²) in [5.41, 5.74) is 2.73. The Balaban J connectivity index is 2.28. The van der Waals surface area contributed by atoms with Crippen LogP contribution in [-0.2, 0) is 4.43 Å². The molecule has 0 aliphatic rings. The summed E-state index contributed by atoms with van der Waals surface area (Å²) < 4.78 is 0.970. The van der Waals surface area contributed by atoms with Crippen LogP contribution in [0.5, 0.6) is 0 Å². The molecule has 16 heavy (non-hydrogen) atoms. The van der Waals surface area contributed by atoms with E-state index in [2.05, 4.69) is 22.6 Å². The van der Waals surface area contributed by atoms with Gasteiger partial charge >= 0.3 is 0 Å². The Labute approximate surface area is 109 Å². The second-order valence-electron chi connectivity index (χ2n) is 3.53. The van der Waals surface area contributed by atoms with Gasteiger partial charge < -0.3 is 0 Å². The van der Waals surface area contributed by atoms with Gasteiger partial charge in [-0.25, -0.2) is 0 Å². The van der Waals surface area contributed by atoms with E-state index in [1.54, 1.807) is 0 Å². The lowest BCUT2D eigenvalue weighted by atomic mass is 10.0. The second kappa shape index (κ2) is 5.25. The maximum atomic E-state index is 12.0. The van der Waals surface area contributed by atoms with Crippen molar-refractivity contribution in [3.05, 3.63) is 71.3 Å². The molecule has 0 saturated heterocycles. The first-order valence-electron chi connectivity index (χ1n) is 5.06. The lowest BCUT2D eigenvalue weighted by Crippen LogP contribution is -2.00. The van der Waals surface area contributed by atoms with E-state index in [-0.39, 0.29) is 5.78 Å². The van der Waals surface area contributed by atoms with Crippen LogP contribution >= 0.6 is 22.6 Å². The molecule has 0 aromatic heterocycles. The van der Waals surface area contributed by atoms with Gasteiger partial charge in [0, 0.05) is 15.6 Å². The van der Waals surface area contributed by atoms with E-state index in [0.717, 1.165) is 15.6 Å². The van der Waals surface area contributed by atoms with Crippen LogP contribution in [0, 0.1) is 0 Å². The van der Waals surface area contributed by atoms with Crippen molar-refractivity contribution < 1.29 is 4.79 Å². The van der Waals surface area contributed by atoms with Crippen molar-refractivity contribution in [2.45, 2.75) is 4.43 Å². The number of carbonyl (C=O) groups is 1. The van der Waals surface area contributed by atoms with Crippen LogP contribution in [0.2, 0.25) is 0 Å². The quantitative estimate of drug-likeness (QED) is 0.476. The topological polar surface area (TPSA) is 17.1 Å². The Morgan fingerprint density at radius 2 is 1.44 bits per heavy atom. The predicted molar refractivity (Wildman–Crippen MR) is 74.0 cm³/mol. The maximum absolute atomic E-state index is 12.0. The molecule has 0 fully saturated rings. The summed E-state index contributed by atoms with van der Waals surface area (Å²) >= 11 is 2.31. The zero-order chi connectivity index (χ0) is 11.4. The molecule has 2 heteroatoms. The minimum Gasteiger partial charge on any atom is -0.289 e. The molecule has 0 bridgehead atoms. The van der Waals surface area contributed by atoms with E-state index in [1.165, 1.54) is 5.56 Å². The monoisotopic (exact) mass is 322 g/mol. The SMILES string of the molecule is O=C(c1ccccc1)c1ccc(CI)cc1. The highest BCUT2D eigenvalue weighted by atomic mass is 127. The van der Waals surface area contributed by atoms with Crippen molar-refractivity contribution in [2.75, 3.05) is 0 Å². The van der Waals surface area contributed by atoms with Gasteiger partial charge in [-0.1, -0.05) is 77.2 Å². The van der Waals surface area contributed by atoms with Gasteiger partial charge in [-0.05, 0) is 5.56 Å². The fourth-order valence-electron chi connectivity index (χ4n) is 1.50. The van der Waals surface area contributed by atoms with Gasteiger partial charge in [0.05, 0.1) is 0 Å². The maximum Gasteiger partial charge on any atom is 0.193 e. The Bertz CT molecular complexity index is 474. The molecular formula is C14H11IO. The molecule has 0 heterocycles. The molecule has 0 unspecified atom stereocenters. The molecule has 1 nitrogen and oxygen atoms in total. The van der Waals surface area contributed by atoms with Gasteiger partial charge in [0.15, 0.2) is 5.78 Å². The first-order valence-corrected chi connectivity index (χ1v) is 6.58. The van der Waals surface area contributed by atoms with E-state index >= 15 is 0 Å². The summed E-state index contributed by atoms with van der Waals surface area (Å²) in [7, 11) is 0. The van der Waals surface area contributed by atoms with Crippen molar-refractivity contribution in [3.8, 4) is 0 Å². The molecule has 0 saturated carbocycles. The molecule has 0 aliphatic carbocycles. The number of halogens is 1. The number of benzene rings is 2. The summed E-state index contributed by atoms with van der Waals surface area (Å²) in [6, 6.07) is 17.1. The fourth-order valence-corrected chi connectivity index (χ4v) is 2.01. The highest BCUT2D eigenvalue weighted by molar-refractivity contribution is 14.1. The Kier molecular flexibility index (Phi) is 3.72. The molecule has 0 N–H and O–H groups in total. The van der Waals surface area contributed by atoms with Crippen LogP contribution in [0.25, 0.3) is 0 Å². The van der Waals surface area contributed by atoms with Gasteiger partial charge in [-0.15, -0.1) is 0 Å². The van der Waals surface area contributed by atoms with Gasteiger partial charge in [0.2, 0.25) is 0 Å². The van der Waals surface area contributed by atoms with Crippen LogP contribution in [0.1, 0.15) is 21.5 Å². The summed E-state index contributed by atoms with van der Waals surface area (Å²) in [5, 5.41) is 0. The molecule has 0 amide bonds. The van der Waals surface area contributed by atoms with Crippen LogP contribution in [-0.4, -0.2) is 5.78 Å². The summed E-state index contributed by atoms with van der Waals surface area (Å²) in [6.07, 6.45) is 0. The van der Waals surface area contributed by atoms with Crippen molar-refractivity contribution in [3.63, 3.8) is 0 Å². The third-order valence-electron chi connectivity index (χ3n) is 2.41. The summed E-state index contributed by atoms with van der Waals surface area (Å²) in [4.78, 5) is 12.0. The number of carbonyl (C=O) groups excluding carboxylic acids is 1. The third-order valence-corrected chi connectivity index (χ3v) is 3.29. The van der Waals surface area contributed by atoms with Crippen molar-refractivity contribution >= 4 is 28.4 Å². The number of hydrogen-bond acceptors (Lipinski definition) is 1. The Hall–Kier alpha value is -1.16. The van der Waals surface area contributed by atoms with E-state index in [0.29, 0.717) is 0 Å². The molecule has 2 aromatic rings. The second-order valence-corrected chi connectivity index (χ2v) is 4.29. The van der Waals surface area contributed by atoms with Crippen LogP contribution in [0.3, 0.4) is 0 Å². The fraction of sp³-hybridized carbons (Fsp3) is 0.0714. The van der Waals surface area contributed by atoms with Crippen molar-refractivity contribution in [2.24, 2.45) is 0 Å². The minimum atomic E-state index is 0.0839. The van der Waals surface area contributed by atoms with Crippen LogP contribution in [0.15, 0.2) is 54.6 Å². The summed E-state index contributed by atoms with van der Waals surface area (Å²) in [5.74, 6) is 0.0839. The van der Waals surface area contributed by atoms with Gasteiger partial charge in [0.1, 0.15) is 0 Å². The number of rotatable bonds is 3. The van der Waals surface area contributed by atoms with E-state index in [4.69, 9.17) is 0 Å². The molecule has 80 valence electrons. The van der Waals surface area contributed by atoms with Gasteiger partial charge in [-0.3, -0.25) is 4.79 Å². The first-order chi connectivity index (χ1) is 7.81. The van der Waals surface area contributed by atoms with Crippen LogP contribution in [0.4, 0.5) is 0 Å². The normalized spacial score (nSPS) is 10.1. The van der Waals surface area contributed by atoms with E-state index < -0.39 is 0 Å². The van der Waals surface area contributed by atoms with E-state index in [9.17, 15) is 4.79 Å². The molecule has 0 atom stereocenters. The van der Waals surface area contributed by atoms with Gasteiger partial charge in [-0.2, -0.15) is 0 Å². The largest absolute Gasteiger partial charge is 0.289 e. The highest BCUT2D eigenvalue weighted by Gasteiger charge is 2.07. The molecular weight excluding hydrogens is 311 g/mol. The van der Waals surface area contributed by atoms with E-state index in [1.807, 2.05) is 54.6 Å². The smallest absolute Gasteiger partial charge is 0.193 e.